The van der Waals surface area contributed by atoms with Crippen LogP contribution in [-0.4, -0.2) is 19.8 Å². The highest BCUT2D eigenvalue weighted by molar-refractivity contribution is 5.53. The van der Waals surface area contributed by atoms with Crippen LogP contribution in [0, 0.1) is 0 Å². The van der Waals surface area contributed by atoms with Crippen molar-refractivity contribution in [3.8, 4) is 11.5 Å². The zero-order valence-corrected chi connectivity index (χ0v) is 12.6. The van der Waals surface area contributed by atoms with Crippen LogP contribution in [0.5, 0.6) is 11.5 Å². The second kappa shape index (κ2) is 5.28. The van der Waals surface area contributed by atoms with Gasteiger partial charge in [0, 0.05) is 23.9 Å². The summed E-state index contributed by atoms with van der Waals surface area (Å²) in [6, 6.07) is 4.48. The standard InChI is InChI=1S/C17H25NO2/c1-12-8-13-9-14(10-15(19-2)16(13)20-12)17(11-18)6-4-3-5-7-17/h9-10,12H,3-8,11,18H2,1-2H3. The largest absolute Gasteiger partial charge is 0.493 e. The Hall–Kier alpha value is -1.22. The van der Waals surface area contributed by atoms with Gasteiger partial charge >= 0.3 is 0 Å². The molecule has 0 amide bonds. The fourth-order valence-corrected chi connectivity index (χ4v) is 3.79. The van der Waals surface area contributed by atoms with E-state index in [9.17, 15) is 0 Å². The third-order valence-electron chi connectivity index (χ3n) is 4.99. The average molecular weight is 275 g/mol. The first kappa shape index (κ1) is 13.7. The molecule has 3 heteroatoms. The lowest BCUT2D eigenvalue weighted by atomic mass is 9.69. The molecule has 0 saturated heterocycles. The molecule has 0 bridgehead atoms. The van der Waals surface area contributed by atoms with Crippen molar-refractivity contribution in [2.45, 2.75) is 57.0 Å². The van der Waals surface area contributed by atoms with Crippen molar-refractivity contribution in [1.29, 1.82) is 0 Å². The Labute approximate surface area is 121 Å². The van der Waals surface area contributed by atoms with Gasteiger partial charge in [-0.2, -0.15) is 0 Å². The zero-order chi connectivity index (χ0) is 14.2. The number of fused-ring (bicyclic) bond motifs is 1. The second-order valence-corrected chi connectivity index (χ2v) is 6.34. The van der Waals surface area contributed by atoms with Gasteiger partial charge in [-0.1, -0.05) is 25.3 Å². The van der Waals surface area contributed by atoms with E-state index in [1.807, 2.05) is 0 Å². The third kappa shape index (κ3) is 2.18. The first-order chi connectivity index (χ1) is 9.68. The third-order valence-corrected chi connectivity index (χ3v) is 4.99. The minimum absolute atomic E-state index is 0.145. The van der Waals surface area contributed by atoms with Crippen molar-refractivity contribution in [1.82, 2.24) is 0 Å². The Balaban J connectivity index is 2.04. The highest BCUT2D eigenvalue weighted by Gasteiger charge is 2.35. The van der Waals surface area contributed by atoms with Crippen LogP contribution in [0.25, 0.3) is 0 Å². The minimum Gasteiger partial charge on any atom is -0.493 e. The Morgan fingerprint density at radius 3 is 2.70 bits per heavy atom. The summed E-state index contributed by atoms with van der Waals surface area (Å²) in [7, 11) is 1.72. The van der Waals surface area contributed by atoms with Crippen LogP contribution in [0.2, 0.25) is 0 Å². The average Bonchev–Trinajstić information content (AvgIpc) is 2.87. The van der Waals surface area contributed by atoms with Gasteiger partial charge < -0.3 is 15.2 Å². The number of nitrogens with two attached hydrogens (primary N) is 1. The van der Waals surface area contributed by atoms with E-state index < -0.39 is 0 Å². The van der Waals surface area contributed by atoms with E-state index in [0.717, 1.165) is 24.5 Å². The maximum absolute atomic E-state index is 6.16. The van der Waals surface area contributed by atoms with Crippen molar-refractivity contribution in [2.24, 2.45) is 5.73 Å². The summed E-state index contributed by atoms with van der Waals surface area (Å²) < 4.78 is 11.4. The molecule has 2 aliphatic rings. The summed E-state index contributed by atoms with van der Waals surface area (Å²) in [6.07, 6.45) is 7.51. The Morgan fingerprint density at radius 1 is 1.30 bits per heavy atom. The molecular weight excluding hydrogens is 250 g/mol. The van der Waals surface area contributed by atoms with Crippen LogP contribution in [0.15, 0.2) is 12.1 Å². The van der Waals surface area contributed by atoms with Gasteiger partial charge in [0.25, 0.3) is 0 Å². The maximum atomic E-state index is 6.16. The highest BCUT2D eigenvalue weighted by atomic mass is 16.5. The van der Waals surface area contributed by atoms with Crippen LogP contribution in [0.1, 0.15) is 50.2 Å². The molecule has 2 N–H and O–H groups in total. The van der Waals surface area contributed by atoms with Crippen molar-refractivity contribution < 1.29 is 9.47 Å². The van der Waals surface area contributed by atoms with Crippen LogP contribution in [0.4, 0.5) is 0 Å². The van der Waals surface area contributed by atoms with Gasteiger partial charge in [0.1, 0.15) is 6.10 Å². The Kier molecular flexibility index (Phi) is 3.63. The molecule has 0 spiro atoms. The van der Waals surface area contributed by atoms with E-state index in [1.165, 1.54) is 43.2 Å². The summed E-state index contributed by atoms with van der Waals surface area (Å²) in [5.74, 6) is 1.81. The van der Waals surface area contributed by atoms with Gasteiger partial charge in [-0.25, -0.2) is 0 Å². The molecule has 1 saturated carbocycles. The normalized spacial score (nSPS) is 24.1. The smallest absolute Gasteiger partial charge is 0.164 e. The monoisotopic (exact) mass is 275 g/mol. The molecule has 1 aliphatic heterocycles. The number of methoxy groups -OCH3 is 1. The van der Waals surface area contributed by atoms with Gasteiger partial charge in [0.15, 0.2) is 11.5 Å². The molecule has 3 nitrogen and oxygen atoms in total. The predicted molar refractivity (Wildman–Crippen MR) is 80.6 cm³/mol. The molecule has 1 aromatic rings. The zero-order valence-electron chi connectivity index (χ0n) is 12.6. The fraction of sp³-hybridized carbons (Fsp3) is 0.647. The first-order valence-corrected chi connectivity index (χ1v) is 7.76. The maximum Gasteiger partial charge on any atom is 0.164 e. The molecule has 3 rings (SSSR count). The van der Waals surface area contributed by atoms with E-state index in [1.54, 1.807) is 7.11 Å². The van der Waals surface area contributed by atoms with Crippen LogP contribution < -0.4 is 15.2 Å². The van der Waals surface area contributed by atoms with E-state index in [0.29, 0.717) is 0 Å². The number of hydrogen-bond acceptors (Lipinski definition) is 3. The lowest BCUT2D eigenvalue weighted by Crippen LogP contribution is -2.37. The van der Waals surface area contributed by atoms with Gasteiger partial charge in [-0.05, 0) is 31.4 Å². The molecule has 1 atom stereocenters. The number of ether oxygens (including phenoxy) is 2. The SMILES string of the molecule is COc1cc(C2(CN)CCCCC2)cc2c1OC(C)C2. The lowest BCUT2D eigenvalue weighted by molar-refractivity contribution is 0.243. The fourth-order valence-electron chi connectivity index (χ4n) is 3.79. The summed E-state index contributed by atoms with van der Waals surface area (Å²) >= 11 is 0. The van der Waals surface area contributed by atoms with Crippen LogP contribution >= 0.6 is 0 Å². The molecule has 20 heavy (non-hydrogen) atoms. The Morgan fingerprint density at radius 2 is 2.05 bits per heavy atom. The van der Waals surface area contributed by atoms with Crippen molar-refractivity contribution in [3.05, 3.63) is 23.3 Å². The molecule has 110 valence electrons. The van der Waals surface area contributed by atoms with Crippen LogP contribution in [0.3, 0.4) is 0 Å². The molecule has 1 aromatic carbocycles. The second-order valence-electron chi connectivity index (χ2n) is 6.34. The number of rotatable bonds is 3. The summed E-state index contributed by atoms with van der Waals surface area (Å²) in [5.41, 5.74) is 8.94. The van der Waals surface area contributed by atoms with Gasteiger partial charge in [0.05, 0.1) is 7.11 Å². The van der Waals surface area contributed by atoms with Gasteiger partial charge in [0.2, 0.25) is 0 Å². The summed E-state index contributed by atoms with van der Waals surface area (Å²) in [6.45, 7) is 2.84. The molecule has 0 aromatic heterocycles. The molecule has 1 unspecified atom stereocenters. The predicted octanol–water partition coefficient (Wildman–Crippen LogP) is 3.18. The first-order valence-electron chi connectivity index (χ1n) is 7.76. The van der Waals surface area contributed by atoms with Gasteiger partial charge in [-0.3, -0.25) is 0 Å². The van der Waals surface area contributed by atoms with Gasteiger partial charge in [-0.15, -0.1) is 0 Å². The highest BCUT2D eigenvalue weighted by Crippen LogP contribution is 2.45. The molecular formula is C17H25NO2. The summed E-state index contributed by atoms with van der Waals surface area (Å²) in [5, 5.41) is 0. The quantitative estimate of drug-likeness (QED) is 0.921. The van der Waals surface area contributed by atoms with Crippen molar-refractivity contribution in [2.75, 3.05) is 13.7 Å². The van der Waals surface area contributed by atoms with E-state index >= 15 is 0 Å². The number of hydrogen-bond donors (Lipinski definition) is 1. The lowest BCUT2D eigenvalue weighted by Gasteiger charge is -2.37. The molecule has 0 radical (unpaired) electrons. The van der Waals surface area contributed by atoms with Crippen LogP contribution in [-0.2, 0) is 11.8 Å². The summed E-state index contributed by atoms with van der Waals surface area (Å²) in [4.78, 5) is 0. The van der Waals surface area contributed by atoms with E-state index in [4.69, 9.17) is 15.2 Å². The van der Waals surface area contributed by atoms with E-state index in [2.05, 4.69) is 19.1 Å². The minimum atomic E-state index is 0.145. The molecule has 1 aliphatic carbocycles. The van der Waals surface area contributed by atoms with E-state index in [-0.39, 0.29) is 11.5 Å². The van der Waals surface area contributed by atoms with Crippen molar-refractivity contribution >= 4 is 0 Å². The topological polar surface area (TPSA) is 44.5 Å². The molecule has 1 fully saturated rings. The van der Waals surface area contributed by atoms with Crippen molar-refractivity contribution in [3.63, 3.8) is 0 Å². The Bertz CT molecular complexity index is 492. The molecule has 1 heterocycles. The number of benzene rings is 1.